The summed E-state index contributed by atoms with van der Waals surface area (Å²) in [5, 5.41) is 4.21. The molecule has 5 nitrogen and oxygen atoms in total. The predicted molar refractivity (Wildman–Crippen MR) is 84.7 cm³/mol. The Balaban J connectivity index is 2.22. The molecular formula is C17H15FN4O. The fourth-order valence-corrected chi connectivity index (χ4v) is 2.41. The number of aryl methyl sites for hydroxylation is 2. The molecule has 0 spiro atoms. The van der Waals surface area contributed by atoms with Crippen LogP contribution in [0.2, 0.25) is 0 Å². The Bertz CT molecular complexity index is 884. The van der Waals surface area contributed by atoms with E-state index < -0.39 is 5.91 Å². The van der Waals surface area contributed by atoms with Crippen molar-refractivity contribution in [2.75, 3.05) is 0 Å². The van der Waals surface area contributed by atoms with E-state index in [-0.39, 0.29) is 11.6 Å². The van der Waals surface area contributed by atoms with Crippen LogP contribution in [0.5, 0.6) is 0 Å². The Labute approximate surface area is 132 Å². The van der Waals surface area contributed by atoms with Crippen LogP contribution >= 0.6 is 0 Å². The second-order valence-corrected chi connectivity index (χ2v) is 5.33. The molecule has 0 saturated heterocycles. The van der Waals surface area contributed by atoms with E-state index in [0.29, 0.717) is 11.4 Å². The molecule has 0 aliphatic heterocycles. The minimum atomic E-state index is -0.711. The Kier molecular flexibility index (Phi) is 3.65. The highest BCUT2D eigenvalue weighted by molar-refractivity contribution is 5.89. The molecule has 3 rings (SSSR count). The number of primary amides is 1. The predicted octanol–water partition coefficient (Wildman–Crippen LogP) is 2.79. The third kappa shape index (κ3) is 2.83. The van der Waals surface area contributed by atoms with Crippen LogP contribution in [0.3, 0.4) is 0 Å². The summed E-state index contributed by atoms with van der Waals surface area (Å²) in [5.41, 5.74) is 8.83. The summed E-state index contributed by atoms with van der Waals surface area (Å²) in [4.78, 5) is 15.7. The van der Waals surface area contributed by atoms with Crippen LogP contribution in [0.15, 0.2) is 42.5 Å². The van der Waals surface area contributed by atoms with Crippen molar-refractivity contribution in [1.82, 2.24) is 14.8 Å². The summed E-state index contributed by atoms with van der Waals surface area (Å²) in [5.74, 6) is -0.701. The van der Waals surface area contributed by atoms with Gasteiger partial charge in [0.25, 0.3) is 5.91 Å². The number of nitrogens with zero attached hydrogens (tertiary/aromatic N) is 3. The molecule has 0 radical (unpaired) electrons. The summed E-state index contributed by atoms with van der Waals surface area (Å²) in [6.07, 6.45) is 0. The van der Waals surface area contributed by atoms with Crippen molar-refractivity contribution >= 4 is 5.91 Å². The van der Waals surface area contributed by atoms with Crippen molar-refractivity contribution in [3.63, 3.8) is 0 Å². The molecule has 0 saturated carbocycles. The van der Waals surface area contributed by atoms with Gasteiger partial charge in [0.05, 0.1) is 5.69 Å². The molecule has 116 valence electrons. The number of halogens is 1. The molecule has 2 N–H and O–H groups in total. The fraction of sp³-hybridized carbons (Fsp3) is 0.118. The van der Waals surface area contributed by atoms with E-state index in [2.05, 4.69) is 10.1 Å². The number of hydrogen-bond acceptors (Lipinski definition) is 3. The van der Waals surface area contributed by atoms with E-state index in [1.54, 1.807) is 16.8 Å². The average Bonchev–Trinajstić information content (AvgIpc) is 2.93. The number of aromatic nitrogens is 3. The zero-order valence-electron chi connectivity index (χ0n) is 12.7. The normalized spacial score (nSPS) is 10.7. The molecule has 23 heavy (non-hydrogen) atoms. The SMILES string of the molecule is Cc1ccc(-n2nc(C(N)=O)nc2-c2ccc(F)cc2)c(C)c1. The second kappa shape index (κ2) is 5.64. The zero-order valence-corrected chi connectivity index (χ0v) is 12.7. The summed E-state index contributed by atoms with van der Waals surface area (Å²) < 4.78 is 14.7. The molecule has 6 heteroatoms. The standard InChI is InChI=1S/C17H15FN4O/c1-10-3-8-14(11(2)9-10)22-17(20-16(21-22)15(19)23)12-4-6-13(18)7-5-12/h3-9H,1-2H3,(H2,19,23). The van der Waals surface area contributed by atoms with Gasteiger partial charge in [0.1, 0.15) is 5.82 Å². The van der Waals surface area contributed by atoms with Crippen LogP contribution in [-0.2, 0) is 0 Å². The van der Waals surface area contributed by atoms with Gasteiger partial charge in [-0.25, -0.2) is 14.1 Å². The minimum Gasteiger partial charge on any atom is -0.363 e. The lowest BCUT2D eigenvalue weighted by molar-refractivity contribution is 0.0990. The number of rotatable bonds is 3. The first-order valence-corrected chi connectivity index (χ1v) is 7.06. The van der Waals surface area contributed by atoms with Gasteiger partial charge in [-0.1, -0.05) is 17.7 Å². The van der Waals surface area contributed by atoms with Crippen molar-refractivity contribution in [2.45, 2.75) is 13.8 Å². The molecule has 0 aliphatic carbocycles. The molecule has 0 atom stereocenters. The van der Waals surface area contributed by atoms with E-state index in [0.717, 1.165) is 16.8 Å². The fourth-order valence-electron chi connectivity index (χ4n) is 2.41. The van der Waals surface area contributed by atoms with Crippen LogP contribution in [0, 0.1) is 19.7 Å². The maximum atomic E-state index is 13.2. The number of carbonyl (C=O) groups is 1. The van der Waals surface area contributed by atoms with E-state index >= 15 is 0 Å². The van der Waals surface area contributed by atoms with Gasteiger partial charge in [-0.15, -0.1) is 5.10 Å². The van der Waals surface area contributed by atoms with Crippen molar-refractivity contribution in [2.24, 2.45) is 5.73 Å². The van der Waals surface area contributed by atoms with E-state index in [9.17, 15) is 9.18 Å². The van der Waals surface area contributed by atoms with E-state index in [1.165, 1.54) is 12.1 Å². The first-order chi connectivity index (χ1) is 11.0. The van der Waals surface area contributed by atoms with Gasteiger partial charge in [-0.05, 0) is 49.7 Å². The summed E-state index contributed by atoms with van der Waals surface area (Å²) in [7, 11) is 0. The van der Waals surface area contributed by atoms with Crippen LogP contribution in [0.1, 0.15) is 21.7 Å². The Morgan fingerprint density at radius 3 is 2.43 bits per heavy atom. The van der Waals surface area contributed by atoms with Gasteiger partial charge >= 0.3 is 0 Å². The first-order valence-electron chi connectivity index (χ1n) is 7.06. The number of hydrogen-bond donors (Lipinski definition) is 1. The number of carbonyl (C=O) groups excluding carboxylic acids is 1. The third-order valence-electron chi connectivity index (χ3n) is 3.51. The lowest BCUT2D eigenvalue weighted by atomic mass is 10.1. The Morgan fingerprint density at radius 1 is 1.13 bits per heavy atom. The van der Waals surface area contributed by atoms with Crippen LogP contribution in [0.4, 0.5) is 4.39 Å². The summed E-state index contributed by atoms with van der Waals surface area (Å²) >= 11 is 0. The highest BCUT2D eigenvalue weighted by atomic mass is 19.1. The van der Waals surface area contributed by atoms with Gasteiger partial charge in [0, 0.05) is 5.56 Å². The lowest BCUT2D eigenvalue weighted by Gasteiger charge is -2.09. The van der Waals surface area contributed by atoms with Crippen LogP contribution in [0.25, 0.3) is 17.1 Å². The zero-order chi connectivity index (χ0) is 16.6. The molecule has 1 amide bonds. The van der Waals surface area contributed by atoms with Crippen LogP contribution < -0.4 is 5.73 Å². The van der Waals surface area contributed by atoms with Gasteiger partial charge in [0.2, 0.25) is 5.82 Å². The lowest BCUT2D eigenvalue weighted by Crippen LogP contribution is -2.13. The molecule has 2 aromatic carbocycles. The van der Waals surface area contributed by atoms with Gasteiger partial charge < -0.3 is 5.73 Å². The maximum Gasteiger partial charge on any atom is 0.288 e. The van der Waals surface area contributed by atoms with E-state index in [1.807, 2.05) is 32.0 Å². The second-order valence-electron chi connectivity index (χ2n) is 5.33. The van der Waals surface area contributed by atoms with Crippen LogP contribution in [-0.4, -0.2) is 20.7 Å². The summed E-state index contributed by atoms with van der Waals surface area (Å²) in [6.45, 7) is 3.94. The van der Waals surface area contributed by atoms with Crippen molar-refractivity contribution < 1.29 is 9.18 Å². The molecule has 1 aromatic heterocycles. The van der Waals surface area contributed by atoms with E-state index in [4.69, 9.17) is 5.73 Å². The highest BCUT2D eigenvalue weighted by Crippen LogP contribution is 2.24. The first kappa shape index (κ1) is 14.9. The molecule has 0 unspecified atom stereocenters. The Morgan fingerprint density at radius 2 is 1.83 bits per heavy atom. The monoisotopic (exact) mass is 310 g/mol. The minimum absolute atomic E-state index is 0.0794. The smallest absolute Gasteiger partial charge is 0.288 e. The molecule has 0 fully saturated rings. The Hall–Kier alpha value is -3.02. The van der Waals surface area contributed by atoms with Gasteiger partial charge in [-0.2, -0.15) is 0 Å². The number of nitrogens with two attached hydrogens (primary N) is 1. The molecule has 3 aromatic rings. The molecular weight excluding hydrogens is 295 g/mol. The van der Waals surface area contributed by atoms with Crippen molar-refractivity contribution in [3.8, 4) is 17.1 Å². The molecule has 1 heterocycles. The largest absolute Gasteiger partial charge is 0.363 e. The number of benzene rings is 2. The summed E-state index contributed by atoms with van der Waals surface area (Å²) in [6, 6.07) is 11.7. The third-order valence-corrected chi connectivity index (χ3v) is 3.51. The quantitative estimate of drug-likeness (QED) is 0.808. The molecule has 0 aliphatic rings. The maximum absolute atomic E-state index is 13.2. The highest BCUT2D eigenvalue weighted by Gasteiger charge is 2.17. The topological polar surface area (TPSA) is 73.8 Å². The number of amides is 1. The van der Waals surface area contributed by atoms with Gasteiger partial charge in [-0.3, -0.25) is 4.79 Å². The van der Waals surface area contributed by atoms with Crippen molar-refractivity contribution in [1.29, 1.82) is 0 Å². The molecule has 0 bridgehead atoms. The average molecular weight is 310 g/mol. The van der Waals surface area contributed by atoms with Gasteiger partial charge in [0.15, 0.2) is 5.82 Å². The van der Waals surface area contributed by atoms with Crippen molar-refractivity contribution in [3.05, 3.63) is 65.2 Å².